The van der Waals surface area contributed by atoms with Crippen molar-refractivity contribution in [1.29, 1.82) is 0 Å². The molecule has 0 unspecified atom stereocenters. The normalized spacial score (nSPS) is 11.2. The minimum absolute atomic E-state index is 0.188. The van der Waals surface area contributed by atoms with Crippen LogP contribution < -0.4 is 10.1 Å². The van der Waals surface area contributed by atoms with E-state index in [0.717, 1.165) is 16.7 Å². The molecule has 6 nitrogen and oxygen atoms in total. The Morgan fingerprint density at radius 1 is 1.00 bits per heavy atom. The molecule has 0 spiro atoms. The Bertz CT molecular complexity index is 1190. The summed E-state index contributed by atoms with van der Waals surface area (Å²) in [6, 6.07) is 22.8. The SMILES string of the molecule is COc1ccccc1/C=C(/C(=O)NCc1cccnc1-n1cccn1)c1ccccc1. The summed E-state index contributed by atoms with van der Waals surface area (Å²) in [7, 11) is 1.62. The lowest BCUT2D eigenvalue weighted by Gasteiger charge is -2.13. The van der Waals surface area contributed by atoms with Gasteiger partial charge in [-0.3, -0.25) is 4.79 Å². The van der Waals surface area contributed by atoms with E-state index in [2.05, 4.69) is 15.4 Å². The van der Waals surface area contributed by atoms with Crippen molar-refractivity contribution in [2.24, 2.45) is 0 Å². The summed E-state index contributed by atoms with van der Waals surface area (Å²) < 4.78 is 7.14. The molecular weight excluding hydrogens is 388 g/mol. The van der Waals surface area contributed by atoms with E-state index in [1.807, 2.05) is 85.1 Å². The average molecular weight is 410 g/mol. The molecule has 0 atom stereocenters. The Morgan fingerprint density at radius 2 is 1.81 bits per heavy atom. The van der Waals surface area contributed by atoms with E-state index < -0.39 is 0 Å². The standard InChI is InChI=1S/C25H22N4O2/c1-31-23-13-6-5-11-20(23)17-22(19-9-3-2-4-10-19)25(30)27-18-21-12-7-14-26-24(21)29-16-8-15-28-29/h2-17H,18H2,1H3,(H,27,30)/b22-17+. The molecule has 0 aliphatic carbocycles. The molecule has 31 heavy (non-hydrogen) atoms. The summed E-state index contributed by atoms with van der Waals surface area (Å²) in [6.45, 7) is 0.317. The summed E-state index contributed by atoms with van der Waals surface area (Å²) in [6.07, 6.45) is 7.08. The fourth-order valence-electron chi connectivity index (χ4n) is 3.28. The molecule has 4 aromatic rings. The maximum absolute atomic E-state index is 13.3. The van der Waals surface area contributed by atoms with Gasteiger partial charge >= 0.3 is 0 Å². The molecule has 0 bridgehead atoms. The number of nitrogens with one attached hydrogen (secondary N) is 1. The molecule has 0 aliphatic rings. The van der Waals surface area contributed by atoms with Gasteiger partial charge in [-0.25, -0.2) is 9.67 Å². The number of rotatable bonds is 7. The van der Waals surface area contributed by atoms with Crippen LogP contribution in [0.4, 0.5) is 0 Å². The number of nitrogens with zero attached hydrogens (tertiary/aromatic N) is 3. The van der Waals surface area contributed by atoms with Gasteiger partial charge in [0.25, 0.3) is 5.91 Å². The van der Waals surface area contributed by atoms with Crippen LogP contribution in [0.15, 0.2) is 91.4 Å². The van der Waals surface area contributed by atoms with Gasteiger partial charge in [0.1, 0.15) is 5.75 Å². The zero-order chi connectivity index (χ0) is 21.5. The zero-order valence-corrected chi connectivity index (χ0v) is 17.1. The Labute approximate surface area is 180 Å². The van der Waals surface area contributed by atoms with Gasteiger partial charge in [-0.1, -0.05) is 54.6 Å². The van der Waals surface area contributed by atoms with Gasteiger partial charge in [-0.15, -0.1) is 0 Å². The third kappa shape index (κ3) is 4.70. The minimum Gasteiger partial charge on any atom is -0.496 e. The summed E-state index contributed by atoms with van der Waals surface area (Å²) in [5, 5.41) is 7.28. The molecule has 1 N–H and O–H groups in total. The van der Waals surface area contributed by atoms with Crippen LogP contribution in [0.3, 0.4) is 0 Å². The maximum Gasteiger partial charge on any atom is 0.252 e. The van der Waals surface area contributed by atoms with Gasteiger partial charge in [0, 0.05) is 41.8 Å². The molecule has 2 heterocycles. The molecular formula is C25H22N4O2. The number of carbonyl (C=O) groups is 1. The predicted molar refractivity (Wildman–Crippen MR) is 121 cm³/mol. The first-order valence-electron chi connectivity index (χ1n) is 9.88. The van der Waals surface area contributed by atoms with Crippen LogP contribution in [0.1, 0.15) is 16.7 Å². The van der Waals surface area contributed by atoms with Gasteiger partial charge in [0.15, 0.2) is 5.82 Å². The number of para-hydroxylation sites is 1. The van der Waals surface area contributed by atoms with Crippen molar-refractivity contribution in [3.63, 3.8) is 0 Å². The van der Waals surface area contributed by atoms with Gasteiger partial charge in [0.2, 0.25) is 0 Å². The number of hydrogen-bond donors (Lipinski definition) is 1. The number of ether oxygens (including phenoxy) is 1. The number of benzene rings is 2. The first-order valence-corrected chi connectivity index (χ1v) is 9.88. The maximum atomic E-state index is 13.3. The highest BCUT2D eigenvalue weighted by Crippen LogP contribution is 2.25. The largest absolute Gasteiger partial charge is 0.496 e. The van der Waals surface area contributed by atoms with Crippen LogP contribution in [0.2, 0.25) is 0 Å². The summed E-state index contributed by atoms with van der Waals surface area (Å²) in [4.78, 5) is 17.7. The van der Waals surface area contributed by atoms with Crippen LogP contribution in [-0.2, 0) is 11.3 Å². The van der Waals surface area contributed by atoms with Crippen molar-refractivity contribution in [2.45, 2.75) is 6.54 Å². The van der Waals surface area contributed by atoms with E-state index in [4.69, 9.17) is 4.74 Å². The Kier molecular flexibility index (Phi) is 6.18. The van der Waals surface area contributed by atoms with E-state index in [1.165, 1.54) is 0 Å². The Morgan fingerprint density at radius 3 is 2.58 bits per heavy atom. The monoisotopic (exact) mass is 410 g/mol. The minimum atomic E-state index is -0.188. The van der Waals surface area contributed by atoms with Crippen LogP contribution in [0.5, 0.6) is 5.75 Å². The summed E-state index contributed by atoms with van der Waals surface area (Å²) >= 11 is 0. The number of pyridine rings is 1. The highest BCUT2D eigenvalue weighted by Gasteiger charge is 2.15. The molecule has 0 aliphatic heterocycles. The topological polar surface area (TPSA) is 69.0 Å². The molecule has 2 aromatic heterocycles. The zero-order valence-electron chi connectivity index (χ0n) is 17.1. The third-order valence-electron chi connectivity index (χ3n) is 4.80. The lowest BCUT2D eigenvalue weighted by molar-refractivity contribution is -0.115. The van der Waals surface area contributed by atoms with E-state index in [1.54, 1.807) is 24.2 Å². The first-order chi connectivity index (χ1) is 15.3. The molecule has 154 valence electrons. The molecule has 2 aromatic carbocycles. The molecule has 0 saturated heterocycles. The lowest BCUT2D eigenvalue weighted by Crippen LogP contribution is -2.24. The van der Waals surface area contributed by atoms with Crippen molar-refractivity contribution in [3.05, 3.63) is 108 Å². The Balaban J connectivity index is 1.63. The second kappa shape index (κ2) is 9.54. The third-order valence-corrected chi connectivity index (χ3v) is 4.80. The highest BCUT2D eigenvalue weighted by molar-refractivity contribution is 6.24. The molecule has 0 fully saturated rings. The lowest BCUT2D eigenvalue weighted by atomic mass is 10.0. The molecule has 1 amide bonds. The van der Waals surface area contributed by atoms with Gasteiger partial charge in [-0.05, 0) is 29.8 Å². The number of carbonyl (C=O) groups excluding carboxylic acids is 1. The smallest absolute Gasteiger partial charge is 0.252 e. The van der Waals surface area contributed by atoms with Crippen LogP contribution >= 0.6 is 0 Å². The van der Waals surface area contributed by atoms with Crippen LogP contribution in [0.25, 0.3) is 17.5 Å². The van der Waals surface area contributed by atoms with Crippen LogP contribution in [0, 0.1) is 0 Å². The second-order valence-electron chi connectivity index (χ2n) is 6.79. The van der Waals surface area contributed by atoms with Gasteiger partial charge < -0.3 is 10.1 Å². The van der Waals surface area contributed by atoms with Crippen LogP contribution in [-0.4, -0.2) is 27.8 Å². The first kappa shape index (κ1) is 20.1. The molecule has 0 radical (unpaired) electrons. The molecule has 4 rings (SSSR count). The van der Waals surface area contributed by atoms with Crippen molar-refractivity contribution in [2.75, 3.05) is 7.11 Å². The van der Waals surface area contributed by atoms with Crippen molar-refractivity contribution < 1.29 is 9.53 Å². The number of hydrogen-bond acceptors (Lipinski definition) is 4. The van der Waals surface area contributed by atoms with E-state index >= 15 is 0 Å². The quantitative estimate of drug-likeness (QED) is 0.367. The second-order valence-corrected chi connectivity index (χ2v) is 6.79. The van der Waals surface area contributed by atoms with Crippen molar-refractivity contribution >= 4 is 17.6 Å². The number of amides is 1. The predicted octanol–water partition coefficient (Wildman–Crippen LogP) is 4.13. The fourth-order valence-corrected chi connectivity index (χ4v) is 3.28. The van der Waals surface area contributed by atoms with Crippen molar-refractivity contribution in [3.8, 4) is 11.6 Å². The number of methoxy groups -OCH3 is 1. The fraction of sp³-hybridized carbons (Fsp3) is 0.0800. The summed E-state index contributed by atoms with van der Waals surface area (Å²) in [5.74, 6) is 1.20. The molecule has 6 heteroatoms. The summed E-state index contributed by atoms with van der Waals surface area (Å²) in [5.41, 5.74) is 3.07. The number of aromatic nitrogens is 3. The van der Waals surface area contributed by atoms with Gasteiger partial charge in [0.05, 0.1) is 7.11 Å². The Hall–Kier alpha value is -4.19. The van der Waals surface area contributed by atoms with E-state index in [0.29, 0.717) is 23.7 Å². The van der Waals surface area contributed by atoms with Gasteiger partial charge in [-0.2, -0.15) is 5.10 Å². The average Bonchev–Trinajstić information content (AvgIpc) is 3.37. The highest BCUT2D eigenvalue weighted by atomic mass is 16.5. The van der Waals surface area contributed by atoms with E-state index in [-0.39, 0.29) is 5.91 Å². The molecule has 0 saturated carbocycles. The van der Waals surface area contributed by atoms with Crippen molar-refractivity contribution in [1.82, 2.24) is 20.1 Å². The van der Waals surface area contributed by atoms with E-state index in [9.17, 15) is 4.79 Å².